The zero-order valence-electron chi connectivity index (χ0n) is 14.0. The Morgan fingerprint density at radius 2 is 2.16 bits per heavy atom. The molecule has 0 unspecified atom stereocenters. The van der Waals surface area contributed by atoms with Gasteiger partial charge in [-0.3, -0.25) is 4.79 Å². The molecule has 1 amide bonds. The number of benzene rings is 1. The van der Waals surface area contributed by atoms with Crippen molar-refractivity contribution in [3.63, 3.8) is 0 Å². The van der Waals surface area contributed by atoms with Crippen LogP contribution in [0.15, 0.2) is 29.6 Å². The van der Waals surface area contributed by atoms with E-state index >= 15 is 0 Å². The predicted octanol–water partition coefficient (Wildman–Crippen LogP) is 2.75. The highest BCUT2D eigenvalue weighted by Gasteiger charge is 2.19. The predicted molar refractivity (Wildman–Crippen MR) is 91.1 cm³/mol. The normalized spacial score (nSPS) is 10.5. The number of carbonyl (C=O) groups is 2. The number of methoxy groups -OCH3 is 1. The van der Waals surface area contributed by atoms with Gasteiger partial charge in [-0.2, -0.15) is 0 Å². The molecule has 8 heteroatoms. The van der Waals surface area contributed by atoms with Crippen LogP contribution in [0.25, 0.3) is 0 Å². The molecule has 0 aliphatic heterocycles. The molecule has 0 bridgehead atoms. The van der Waals surface area contributed by atoms with Crippen molar-refractivity contribution in [2.75, 3.05) is 26.9 Å². The summed E-state index contributed by atoms with van der Waals surface area (Å²) in [5.41, 5.74) is 0.463. The highest BCUT2D eigenvalue weighted by Crippen LogP contribution is 2.16. The van der Waals surface area contributed by atoms with E-state index in [1.165, 1.54) is 41.5 Å². The van der Waals surface area contributed by atoms with Crippen LogP contribution in [0.5, 0.6) is 0 Å². The lowest BCUT2D eigenvalue weighted by Crippen LogP contribution is -2.33. The first-order valence-electron chi connectivity index (χ1n) is 7.70. The molecule has 25 heavy (non-hydrogen) atoms. The van der Waals surface area contributed by atoms with E-state index in [-0.39, 0.29) is 30.3 Å². The third-order valence-corrected chi connectivity index (χ3v) is 4.12. The van der Waals surface area contributed by atoms with Crippen molar-refractivity contribution in [1.82, 2.24) is 9.88 Å². The zero-order chi connectivity index (χ0) is 18.2. The molecule has 0 atom stereocenters. The first kappa shape index (κ1) is 19.0. The molecular weight excluding hydrogens is 347 g/mol. The molecule has 0 spiro atoms. The highest BCUT2D eigenvalue weighted by atomic mass is 32.1. The van der Waals surface area contributed by atoms with E-state index < -0.39 is 11.8 Å². The van der Waals surface area contributed by atoms with Crippen LogP contribution >= 0.6 is 11.3 Å². The van der Waals surface area contributed by atoms with Gasteiger partial charge in [-0.05, 0) is 25.1 Å². The van der Waals surface area contributed by atoms with E-state index in [1.807, 2.05) is 0 Å². The second-order valence-corrected chi connectivity index (χ2v) is 6.02. The van der Waals surface area contributed by atoms with Crippen LogP contribution in [0.3, 0.4) is 0 Å². The number of amides is 1. The Bertz CT molecular complexity index is 735. The molecule has 0 fully saturated rings. The van der Waals surface area contributed by atoms with E-state index in [1.54, 1.807) is 18.4 Å². The fourth-order valence-electron chi connectivity index (χ4n) is 2.10. The van der Waals surface area contributed by atoms with Crippen LogP contribution in [0.4, 0.5) is 4.39 Å². The van der Waals surface area contributed by atoms with Gasteiger partial charge < -0.3 is 14.4 Å². The molecule has 0 saturated carbocycles. The van der Waals surface area contributed by atoms with Gasteiger partial charge in [-0.1, -0.05) is 6.07 Å². The van der Waals surface area contributed by atoms with Crippen molar-refractivity contribution in [3.05, 3.63) is 51.7 Å². The Balaban J connectivity index is 2.14. The summed E-state index contributed by atoms with van der Waals surface area (Å²) in [6.07, 6.45) is 0. The summed E-state index contributed by atoms with van der Waals surface area (Å²) in [6.45, 7) is 2.83. The number of esters is 1. The van der Waals surface area contributed by atoms with E-state index in [0.717, 1.165) is 0 Å². The maximum atomic E-state index is 13.4. The molecule has 0 N–H and O–H groups in total. The SMILES string of the molecule is CCOC(=O)c1csc(CN(CCOC)C(=O)c2cccc(F)c2)n1. The average molecular weight is 366 g/mol. The standard InChI is InChI=1S/C17H19FN2O4S/c1-3-24-17(22)14-11-25-15(19-14)10-20(7-8-23-2)16(21)12-5-4-6-13(18)9-12/h4-6,9,11H,3,7-8,10H2,1-2H3. The summed E-state index contributed by atoms with van der Waals surface area (Å²) in [4.78, 5) is 30.0. The first-order chi connectivity index (χ1) is 12.0. The molecular formula is C17H19FN2O4S. The lowest BCUT2D eigenvalue weighted by atomic mass is 10.2. The number of ether oxygens (including phenoxy) is 2. The van der Waals surface area contributed by atoms with Crippen molar-refractivity contribution in [2.45, 2.75) is 13.5 Å². The van der Waals surface area contributed by atoms with Crippen molar-refractivity contribution in [2.24, 2.45) is 0 Å². The van der Waals surface area contributed by atoms with Crippen LogP contribution in [-0.2, 0) is 16.0 Å². The van der Waals surface area contributed by atoms with Gasteiger partial charge in [-0.25, -0.2) is 14.2 Å². The molecule has 2 aromatic rings. The Morgan fingerprint density at radius 3 is 2.84 bits per heavy atom. The van der Waals surface area contributed by atoms with Gasteiger partial charge in [-0.15, -0.1) is 11.3 Å². The first-order valence-corrected chi connectivity index (χ1v) is 8.58. The second kappa shape index (κ2) is 9.24. The molecule has 1 aromatic carbocycles. The van der Waals surface area contributed by atoms with Gasteiger partial charge in [0.1, 0.15) is 10.8 Å². The van der Waals surface area contributed by atoms with E-state index in [4.69, 9.17) is 9.47 Å². The zero-order valence-corrected chi connectivity index (χ0v) is 14.8. The Morgan fingerprint density at radius 1 is 1.36 bits per heavy atom. The Hall–Kier alpha value is -2.32. The van der Waals surface area contributed by atoms with Crippen molar-refractivity contribution >= 4 is 23.2 Å². The maximum absolute atomic E-state index is 13.4. The maximum Gasteiger partial charge on any atom is 0.357 e. The fourth-order valence-corrected chi connectivity index (χ4v) is 2.88. The minimum Gasteiger partial charge on any atom is -0.461 e. The molecule has 1 aromatic heterocycles. The van der Waals surface area contributed by atoms with Gasteiger partial charge in [0.15, 0.2) is 5.69 Å². The lowest BCUT2D eigenvalue weighted by molar-refractivity contribution is 0.0520. The number of carbonyl (C=O) groups excluding carboxylic acids is 2. The summed E-state index contributed by atoms with van der Waals surface area (Å²) in [5, 5.41) is 2.18. The highest BCUT2D eigenvalue weighted by molar-refractivity contribution is 7.09. The van der Waals surface area contributed by atoms with E-state index in [0.29, 0.717) is 18.2 Å². The quantitative estimate of drug-likeness (QED) is 0.672. The van der Waals surface area contributed by atoms with Crippen LogP contribution in [0.1, 0.15) is 32.8 Å². The monoisotopic (exact) mass is 366 g/mol. The molecule has 0 radical (unpaired) electrons. The third kappa shape index (κ3) is 5.33. The van der Waals surface area contributed by atoms with Crippen LogP contribution in [0, 0.1) is 5.82 Å². The molecule has 0 saturated heterocycles. The minimum atomic E-state index is -0.495. The molecule has 1 heterocycles. The summed E-state index contributed by atoms with van der Waals surface area (Å²) in [5.74, 6) is -1.30. The fraction of sp³-hybridized carbons (Fsp3) is 0.353. The number of hydrogen-bond donors (Lipinski definition) is 0. The summed E-state index contributed by atoms with van der Waals surface area (Å²) >= 11 is 1.26. The van der Waals surface area contributed by atoms with Gasteiger partial charge in [0, 0.05) is 24.6 Å². The number of nitrogens with zero attached hydrogens (tertiary/aromatic N) is 2. The summed E-state index contributed by atoms with van der Waals surface area (Å²) in [7, 11) is 1.53. The molecule has 134 valence electrons. The number of hydrogen-bond acceptors (Lipinski definition) is 6. The molecule has 0 aliphatic rings. The summed E-state index contributed by atoms with van der Waals surface area (Å²) in [6, 6.07) is 5.51. The number of halogens is 1. The molecule has 0 aliphatic carbocycles. The van der Waals surface area contributed by atoms with E-state index in [2.05, 4.69) is 4.98 Å². The number of rotatable bonds is 8. The Kier molecular flexibility index (Phi) is 7.03. The van der Waals surface area contributed by atoms with Crippen molar-refractivity contribution < 1.29 is 23.5 Å². The van der Waals surface area contributed by atoms with Crippen LogP contribution < -0.4 is 0 Å². The smallest absolute Gasteiger partial charge is 0.357 e. The van der Waals surface area contributed by atoms with Gasteiger partial charge >= 0.3 is 5.97 Å². The largest absolute Gasteiger partial charge is 0.461 e. The van der Waals surface area contributed by atoms with Gasteiger partial charge in [0.25, 0.3) is 5.91 Å². The number of thiazole rings is 1. The second-order valence-electron chi connectivity index (χ2n) is 5.08. The molecule has 2 rings (SSSR count). The van der Waals surface area contributed by atoms with Crippen molar-refractivity contribution in [3.8, 4) is 0 Å². The summed E-state index contributed by atoms with van der Waals surface area (Å²) < 4.78 is 23.3. The van der Waals surface area contributed by atoms with E-state index in [9.17, 15) is 14.0 Å². The topological polar surface area (TPSA) is 68.7 Å². The minimum absolute atomic E-state index is 0.197. The van der Waals surface area contributed by atoms with Crippen LogP contribution in [-0.4, -0.2) is 48.6 Å². The Labute approximate surface area is 149 Å². The lowest BCUT2D eigenvalue weighted by Gasteiger charge is -2.21. The van der Waals surface area contributed by atoms with Crippen molar-refractivity contribution in [1.29, 1.82) is 0 Å². The molecule has 6 nitrogen and oxygen atoms in total. The third-order valence-electron chi connectivity index (χ3n) is 3.29. The van der Waals surface area contributed by atoms with Gasteiger partial charge in [0.2, 0.25) is 0 Å². The van der Waals surface area contributed by atoms with Crippen LogP contribution in [0.2, 0.25) is 0 Å². The van der Waals surface area contributed by atoms with Gasteiger partial charge in [0.05, 0.1) is 19.8 Å². The number of aromatic nitrogens is 1. The average Bonchev–Trinajstić information content (AvgIpc) is 3.07.